The second-order valence-corrected chi connectivity index (χ2v) is 8.35. The van der Waals surface area contributed by atoms with Gasteiger partial charge in [0, 0.05) is 54.1 Å². The van der Waals surface area contributed by atoms with Gasteiger partial charge in [0.1, 0.15) is 11.4 Å². The van der Waals surface area contributed by atoms with Gasteiger partial charge in [0.25, 0.3) is 0 Å². The molecule has 0 atom stereocenters. The summed E-state index contributed by atoms with van der Waals surface area (Å²) in [5.74, 6) is 0.821. The van der Waals surface area contributed by atoms with E-state index < -0.39 is 0 Å². The molecule has 0 saturated carbocycles. The first-order valence-electron chi connectivity index (χ1n) is 10.6. The number of nitrogen functional groups attached to an aromatic ring is 1. The van der Waals surface area contributed by atoms with Crippen molar-refractivity contribution in [1.29, 1.82) is 0 Å². The molecule has 7 heteroatoms. The van der Waals surface area contributed by atoms with Crippen LogP contribution in [-0.4, -0.2) is 48.3 Å². The van der Waals surface area contributed by atoms with Crippen molar-refractivity contribution < 1.29 is 9.47 Å². The van der Waals surface area contributed by atoms with Crippen LogP contribution in [0.3, 0.4) is 0 Å². The van der Waals surface area contributed by atoms with Crippen LogP contribution in [-0.2, 0) is 11.3 Å². The van der Waals surface area contributed by atoms with Crippen molar-refractivity contribution in [2.75, 3.05) is 39.1 Å². The first-order valence-corrected chi connectivity index (χ1v) is 11.0. The quantitative estimate of drug-likeness (QED) is 0.421. The third kappa shape index (κ3) is 3.93. The Labute approximate surface area is 191 Å². The van der Waals surface area contributed by atoms with Gasteiger partial charge in [-0.15, -0.1) is 0 Å². The van der Waals surface area contributed by atoms with Crippen LogP contribution >= 0.6 is 11.6 Å². The van der Waals surface area contributed by atoms with E-state index in [9.17, 15) is 0 Å². The second kappa shape index (κ2) is 8.82. The SMILES string of the molecule is COc1ccccc1-c1c[nH]c2ncc(-c3cc(Cl)c(N)c(CN4CCOCC4)c3)cc12. The molecule has 0 aliphatic carbocycles. The number of nitrogens with two attached hydrogens (primary N) is 1. The van der Waals surface area contributed by atoms with Crippen LogP contribution in [0.5, 0.6) is 5.75 Å². The lowest BCUT2D eigenvalue weighted by molar-refractivity contribution is 0.0343. The minimum Gasteiger partial charge on any atom is -0.496 e. The molecule has 0 spiro atoms. The zero-order valence-electron chi connectivity index (χ0n) is 17.9. The van der Waals surface area contributed by atoms with E-state index >= 15 is 0 Å². The highest BCUT2D eigenvalue weighted by atomic mass is 35.5. The van der Waals surface area contributed by atoms with Crippen molar-refractivity contribution >= 4 is 28.3 Å². The summed E-state index contributed by atoms with van der Waals surface area (Å²) >= 11 is 6.54. The number of nitrogens with zero attached hydrogens (tertiary/aromatic N) is 2. The number of anilines is 1. The lowest BCUT2D eigenvalue weighted by Crippen LogP contribution is -2.35. The summed E-state index contributed by atoms with van der Waals surface area (Å²) in [7, 11) is 1.68. The Bertz CT molecular complexity index is 1260. The lowest BCUT2D eigenvalue weighted by Gasteiger charge is -2.27. The molecule has 4 aromatic rings. The molecule has 1 aliphatic heterocycles. The maximum absolute atomic E-state index is 6.54. The van der Waals surface area contributed by atoms with Crippen molar-refractivity contribution in [3.8, 4) is 28.0 Å². The van der Waals surface area contributed by atoms with Gasteiger partial charge in [-0.1, -0.05) is 29.8 Å². The average Bonchev–Trinajstić information content (AvgIpc) is 3.25. The normalized spacial score (nSPS) is 14.7. The number of benzene rings is 2. The Morgan fingerprint density at radius 3 is 2.75 bits per heavy atom. The largest absolute Gasteiger partial charge is 0.496 e. The van der Waals surface area contributed by atoms with Crippen molar-refractivity contribution in [3.05, 3.63) is 65.4 Å². The molecule has 32 heavy (non-hydrogen) atoms. The van der Waals surface area contributed by atoms with Crippen LogP contribution in [0.15, 0.2) is 54.9 Å². The third-order valence-electron chi connectivity index (χ3n) is 5.97. The van der Waals surface area contributed by atoms with Gasteiger partial charge >= 0.3 is 0 Å². The zero-order chi connectivity index (χ0) is 22.1. The maximum Gasteiger partial charge on any atom is 0.137 e. The molecule has 0 amide bonds. The molecule has 2 aromatic carbocycles. The van der Waals surface area contributed by atoms with Crippen LogP contribution in [0, 0.1) is 0 Å². The van der Waals surface area contributed by atoms with Crippen molar-refractivity contribution in [2.45, 2.75) is 6.54 Å². The molecule has 3 N–H and O–H groups in total. The van der Waals surface area contributed by atoms with E-state index in [1.165, 1.54) is 0 Å². The number of aromatic nitrogens is 2. The Balaban J connectivity index is 1.56. The van der Waals surface area contributed by atoms with Gasteiger partial charge in [0.05, 0.1) is 31.0 Å². The van der Waals surface area contributed by atoms with Crippen LogP contribution in [0.4, 0.5) is 5.69 Å². The molecular formula is C25H25ClN4O2. The highest BCUT2D eigenvalue weighted by molar-refractivity contribution is 6.33. The molecule has 1 aliphatic rings. The first kappa shape index (κ1) is 20.8. The molecule has 0 bridgehead atoms. The average molecular weight is 449 g/mol. The number of hydrogen-bond acceptors (Lipinski definition) is 5. The highest BCUT2D eigenvalue weighted by Gasteiger charge is 2.17. The van der Waals surface area contributed by atoms with Gasteiger partial charge in [-0.2, -0.15) is 0 Å². The van der Waals surface area contributed by atoms with Crippen molar-refractivity contribution in [2.24, 2.45) is 0 Å². The van der Waals surface area contributed by atoms with Crippen molar-refractivity contribution in [3.63, 3.8) is 0 Å². The zero-order valence-corrected chi connectivity index (χ0v) is 18.7. The number of rotatable bonds is 5. The van der Waals surface area contributed by atoms with Gasteiger partial charge < -0.3 is 20.2 Å². The summed E-state index contributed by atoms with van der Waals surface area (Å²) < 4.78 is 11.0. The molecule has 2 aromatic heterocycles. The summed E-state index contributed by atoms with van der Waals surface area (Å²) in [5, 5.41) is 1.58. The Kier molecular flexibility index (Phi) is 5.74. The summed E-state index contributed by atoms with van der Waals surface area (Å²) in [5.41, 5.74) is 12.8. The number of morpholine rings is 1. The van der Waals surface area contributed by atoms with Gasteiger partial charge in [0.2, 0.25) is 0 Å². The van der Waals surface area contributed by atoms with E-state index in [2.05, 4.69) is 33.1 Å². The fourth-order valence-electron chi connectivity index (χ4n) is 4.22. The third-order valence-corrected chi connectivity index (χ3v) is 6.29. The van der Waals surface area contributed by atoms with Gasteiger partial charge in [-0.05, 0) is 35.4 Å². The van der Waals surface area contributed by atoms with E-state index in [4.69, 9.17) is 26.8 Å². The minimum atomic E-state index is 0.560. The number of aromatic amines is 1. The monoisotopic (exact) mass is 448 g/mol. The Morgan fingerprint density at radius 1 is 1.12 bits per heavy atom. The molecular weight excluding hydrogens is 424 g/mol. The Hall–Kier alpha value is -3.06. The van der Waals surface area contributed by atoms with Crippen molar-refractivity contribution in [1.82, 2.24) is 14.9 Å². The fourth-order valence-corrected chi connectivity index (χ4v) is 4.46. The molecule has 0 unspecified atom stereocenters. The van der Waals surface area contributed by atoms with E-state index in [1.807, 2.05) is 36.7 Å². The van der Waals surface area contributed by atoms with E-state index in [0.29, 0.717) is 10.7 Å². The topological polar surface area (TPSA) is 76.4 Å². The summed E-state index contributed by atoms with van der Waals surface area (Å²) in [6.07, 6.45) is 3.84. The smallest absolute Gasteiger partial charge is 0.137 e. The highest BCUT2D eigenvalue weighted by Crippen LogP contribution is 2.37. The molecule has 0 radical (unpaired) electrons. The number of halogens is 1. The van der Waals surface area contributed by atoms with Gasteiger partial charge in [0.15, 0.2) is 0 Å². The summed E-state index contributed by atoms with van der Waals surface area (Å²) in [6, 6.07) is 14.2. The maximum atomic E-state index is 6.54. The summed E-state index contributed by atoms with van der Waals surface area (Å²) in [6.45, 7) is 4.01. The number of fused-ring (bicyclic) bond motifs is 1. The van der Waals surface area contributed by atoms with Crippen LogP contribution in [0.1, 0.15) is 5.56 Å². The molecule has 1 fully saturated rings. The van der Waals surface area contributed by atoms with Gasteiger partial charge in [-0.25, -0.2) is 4.98 Å². The Morgan fingerprint density at radius 2 is 1.94 bits per heavy atom. The number of hydrogen-bond donors (Lipinski definition) is 2. The van der Waals surface area contributed by atoms with Crippen LogP contribution in [0.2, 0.25) is 5.02 Å². The molecule has 5 rings (SSSR count). The van der Waals surface area contributed by atoms with Crippen LogP contribution in [0.25, 0.3) is 33.3 Å². The van der Waals surface area contributed by atoms with E-state index in [0.717, 1.165) is 77.4 Å². The van der Waals surface area contributed by atoms with E-state index in [-0.39, 0.29) is 0 Å². The number of ether oxygens (including phenoxy) is 2. The molecule has 3 heterocycles. The van der Waals surface area contributed by atoms with Crippen LogP contribution < -0.4 is 10.5 Å². The number of H-pyrrole nitrogens is 1. The fraction of sp³-hybridized carbons (Fsp3) is 0.240. The van der Waals surface area contributed by atoms with Gasteiger partial charge in [-0.3, -0.25) is 4.90 Å². The minimum absolute atomic E-state index is 0.560. The molecule has 1 saturated heterocycles. The lowest BCUT2D eigenvalue weighted by atomic mass is 9.99. The summed E-state index contributed by atoms with van der Waals surface area (Å²) in [4.78, 5) is 10.3. The molecule has 164 valence electrons. The van der Waals surface area contributed by atoms with E-state index in [1.54, 1.807) is 7.11 Å². The number of pyridine rings is 1. The second-order valence-electron chi connectivity index (χ2n) is 7.94. The molecule has 6 nitrogen and oxygen atoms in total. The number of methoxy groups -OCH3 is 1. The predicted molar refractivity (Wildman–Crippen MR) is 129 cm³/mol. The predicted octanol–water partition coefficient (Wildman–Crippen LogP) is 4.97. The number of nitrogens with one attached hydrogen (secondary N) is 1. The standard InChI is InChI=1S/C25H25ClN4O2/c1-31-23-5-3-2-4-19(23)21-14-29-25-20(21)11-17(13-28-25)16-10-18(24(27)22(26)12-16)15-30-6-8-32-9-7-30/h2-5,10-14H,6-9,15,27H2,1H3,(H,28,29). The number of para-hydroxylation sites is 1. The first-order chi connectivity index (χ1) is 15.6.